The number of alkyl halides is 3. The third-order valence-electron chi connectivity index (χ3n) is 8.13. The minimum atomic E-state index is -4.38. The van der Waals surface area contributed by atoms with Gasteiger partial charge in [-0.3, -0.25) is 0 Å². The number of hydrogen-bond donors (Lipinski definition) is 1. The lowest BCUT2D eigenvalue weighted by molar-refractivity contribution is -0.137. The second-order valence-electron chi connectivity index (χ2n) is 11.0. The summed E-state index contributed by atoms with van der Waals surface area (Å²) in [5.41, 5.74) is 3.19. The summed E-state index contributed by atoms with van der Waals surface area (Å²) in [4.78, 5) is 25.6. The molecule has 3 aromatic heterocycles. The van der Waals surface area contributed by atoms with Gasteiger partial charge >= 0.3 is 6.18 Å². The van der Waals surface area contributed by atoms with Crippen LogP contribution in [0.3, 0.4) is 0 Å². The fourth-order valence-corrected chi connectivity index (χ4v) is 5.66. The van der Waals surface area contributed by atoms with Gasteiger partial charge in [0, 0.05) is 56.8 Å². The first kappa shape index (κ1) is 28.8. The van der Waals surface area contributed by atoms with Crippen LogP contribution in [0.5, 0.6) is 0 Å². The van der Waals surface area contributed by atoms with E-state index in [-0.39, 0.29) is 0 Å². The van der Waals surface area contributed by atoms with Crippen molar-refractivity contribution in [2.75, 3.05) is 72.5 Å². The molecule has 1 N–H and O–H groups in total. The zero-order valence-corrected chi connectivity index (χ0v) is 24.5. The van der Waals surface area contributed by atoms with E-state index in [1.165, 1.54) is 12.1 Å². The van der Waals surface area contributed by atoms with Gasteiger partial charge in [0.05, 0.1) is 31.6 Å². The van der Waals surface area contributed by atoms with Crippen LogP contribution in [0.2, 0.25) is 0 Å². The number of imidazole rings is 1. The summed E-state index contributed by atoms with van der Waals surface area (Å²) in [5, 5.41) is 3.45. The highest BCUT2D eigenvalue weighted by Gasteiger charge is 2.30. The molecule has 45 heavy (non-hydrogen) atoms. The minimum Gasteiger partial charge on any atom is -0.378 e. The van der Waals surface area contributed by atoms with E-state index < -0.39 is 11.7 Å². The van der Waals surface area contributed by atoms with E-state index in [0.717, 1.165) is 55.5 Å². The molecule has 2 aliphatic heterocycles. The molecule has 10 nitrogen and oxygen atoms in total. The number of benzene rings is 2. The fourth-order valence-electron chi connectivity index (χ4n) is 5.66. The van der Waals surface area contributed by atoms with E-state index in [4.69, 9.17) is 14.7 Å². The van der Waals surface area contributed by atoms with Crippen molar-refractivity contribution in [1.29, 1.82) is 0 Å². The third-order valence-corrected chi connectivity index (χ3v) is 8.13. The molecule has 0 amide bonds. The van der Waals surface area contributed by atoms with Gasteiger partial charge in [0.25, 0.3) is 0 Å². The van der Waals surface area contributed by atoms with Crippen molar-refractivity contribution in [2.24, 2.45) is 0 Å². The maximum Gasteiger partial charge on any atom is 0.416 e. The third kappa shape index (κ3) is 6.34. The Kier molecular flexibility index (Phi) is 7.84. The molecule has 5 heterocycles. The normalized spacial score (nSPS) is 15.9. The van der Waals surface area contributed by atoms with Gasteiger partial charge in [0.15, 0.2) is 17.0 Å². The Morgan fingerprint density at radius 2 is 1.49 bits per heavy atom. The molecule has 0 radical (unpaired) electrons. The van der Waals surface area contributed by atoms with E-state index >= 15 is 0 Å². The fraction of sp³-hybridized carbons (Fsp3) is 0.312. The van der Waals surface area contributed by atoms with E-state index in [0.29, 0.717) is 61.3 Å². The number of aromatic nitrogens is 5. The molecule has 0 atom stereocenters. The largest absolute Gasteiger partial charge is 0.416 e. The van der Waals surface area contributed by atoms with E-state index in [9.17, 15) is 13.2 Å². The molecule has 232 valence electrons. The van der Waals surface area contributed by atoms with Crippen molar-refractivity contribution >= 4 is 40.1 Å². The standard InChI is InChI=1S/C32H32F3N9O/c33-32(34,35)24-6-4-23(5-7-24)21-44-22-37-28-29(38-25-8-10-26(11-9-25)41-17-19-45-20-18-41)39-31(40-30(28)44)43-15-13-42(14-16-43)27-3-1-2-12-36-27/h1-12,22H,13-21H2,(H,38,39,40). The Labute approximate surface area is 258 Å². The maximum atomic E-state index is 13.1. The lowest BCUT2D eigenvalue weighted by Crippen LogP contribution is -2.47. The molecule has 2 aliphatic rings. The van der Waals surface area contributed by atoms with Crippen LogP contribution < -0.4 is 20.0 Å². The first-order chi connectivity index (χ1) is 21.9. The van der Waals surface area contributed by atoms with Crippen LogP contribution >= 0.6 is 0 Å². The molecule has 13 heteroatoms. The van der Waals surface area contributed by atoms with Crippen LogP contribution in [-0.2, 0) is 17.5 Å². The quantitative estimate of drug-likeness (QED) is 0.266. The number of piperazine rings is 1. The summed E-state index contributed by atoms with van der Waals surface area (Å²) in [7, 11) is 0. The summed E-state index contributed by atoms with van der Waals surface area (Å²) in [6.45, 7) is 6.36. The van der Waals surface area contributed by atoms with Gasteiger partial charge in [-0.1, -0.05) is 18.2 Å². The van der Waals surface area contributed by atoms with Gasteiger partial charge in [-0.05, 0) is 54.1 Å². The topological polar surface area (TPSA) is 87.5 Å². The maximum absolute atomic E-state index is 13.1. The van der Waals surface area contributed by atoms with E-state index in [1.807, 2.05) is 34.9 Å². The summed E-state index contributed by atoms with van der Waals surface area (Å²) in [5.74, 6) is 2.06. The van der Waals surface area contributed by atoms with Crippen molar-refractivity contribution in [3.8, 4) is 0 Å². The van der Waals surface area contributed by atoms with Gasteiger partial charge in [0.1, 0.15) is 5.82 Å². The lowest BCUT2D eigenvalue weighted by Gasteiger charge is -2.35. The molecule has 5 aromatic rings. The number of nitrogens with one attached hydrogen (secondary N) is 1. The zero-order valence-electron chi connectivity index (χ0n) is 24.5. The van der Waals surface area contributed by atoms with Gasteiger partial charge in [0.2, 0.25) is 5.95 Å². The number of rotatable bonds is 7. The summed E-state index contributed by atoms with van der Waals surface area (Å²) in [6.07, 6.45) is -0.932. The Hall–Kier alpha value is -4.91. The van der Waals surface area contributed by atoms with Crippen LogP contribution in [0, 0.1) is 0 Å². The highest BCUT2D eigenvalue weighted by molar-refractivity contribution is 5.87. The highest BCUT2D eigenvalue weighted by Crippen LogP contribution is 2.31. The van der Waals surface area contributed by atoms with Crippen LogP contribution in [0.15, 0.2) is 79.3 Å². The van der Waals surface area contributed by atoms with Crippen molar-refractivity contribution in [1.82, 2.24) is 24.5 Å². The number of anilines is 5. The molecule has 7 rings (SSSR count). The summed E-state index contributed by atoms with van der Waals surface area (Å²) < 4.78 is 46.7. The Morgan fingerprint density at radius 3 is 2.18 bits per heavy atom. The number of hydrogen-bond acceptors (Lipinski definition) is 9. The molecule has 0 unspecified atom stereocenters. The summed E-state index contributed by atoms with van der Waals surface area (Å²) >= 11 is 0. The number of halogens is 3. The highest BCUT2D eigenvalue weighted by atomic mass is 19.4. The van der Waals surface area contributed by atoms with Crippen molar-refractivity contribution < 1.29 is 17.9 Å². The van der Waals surface area contributed by atoms with E-state index in [1.54, 1.807) is 12.5 Å². The molecule has 2 aromatic carbocycles. The smallest absolute Gasteiger partial charge is 0.378 e. The molecule has 2 fully saturated rings. The second kappa shape index (κ2) is 12.2. The van der Waals surface area contributed by atoms with Crippen LogP contribution in [0.4, 0.5) is 42.1 Å². The van der Waals surface area contributed by atoms with Gasteiger partial charge in [-0.2, -0.15) is 23.1 Å². The average molecular weight is 616 g/mol. The average Bonchev–Trinajstić information content (AvgIpc) is 3.48. The molecular formula is C32H32F3N9O. The van der Waals surface area contributed by atoms with Crippen molar-refractivity contribution in [2.45, 2.75) is 12.7 Å². The SMILES string of the molecule is FC(F)(F)c1ccc(Cn2cnc3c(Nc4ccc(N5CCOCC5)cc4)nc(N4CCN(c5ccccn5)CC4)nc32)cc1. The van der Waals surface area contributed by atoms with Gasteiger partial charge in [-0.15, -0.1) is 0 Å². The molecule has 0 spiro atoms. The van der Waals surface area contributed by atoms with Crippen LogP contribution in [-0.4, -0.2) is 77.0 Å². The van der Waals surface area contributed by atoms with Crippen molar-refractivity contribution in [3.05, 3.63) is 90.4 Å². The molecule has 2 saturated heterocycles. The zero-order chi connectivity index (χ0) is 30.8. The Morgan fingerprint density at radius 1 is 0.756 bits per heavy atom. The van der Waals surface area contributed by atoms with Gasteiger partial charge in [-0.25, -0.2) is 9.97 Å². The van der Waals surface area contributed by atoms with Crippen LogP contribution in [0.1, 0.15) is 11.1 Å². The predicted molar refractivity (Wildman–Crippen MR) is 167 cm³/mol. The lowest BCUT2D eigenvalue weighted by atomic mass is 10.1. The summed E-state index contributed by atoms with van der Waals surface area (Å²) in [6, 6.07) is 19.3. The molecular weight excluding hydrogens is 583 g/mol. The van der Waals surface area contributed by atoms with Crippen molar-refractivity contribution in [3.63, 3.8) is 0 Å². The molecule has 0 saturated carbocycles. The number of morpholine rings is 1. The Balaban J connectivity index is 1.18. The number of pyridine rings is 1. The number of nitrogens with zero attached hydrogens (tertiary/aromatic N) is 8. The second-order valence-corrected chi connectivity index (χ2v) is 11.0. The number of fused-ring (bicyclic) bond motifs is 1. The number of ether oxygens (including phenoxy) is 1. The van der Waals surface area contributed by atoms with Crippen LogP contribution in [0.25, 0.3) is 11.2 Å². The Bertz CT molecular complexity index is 1730. The minimum absolute atomic E-state index is 0.312. The van der Waals surface area contributed by atoms with Gasteiger partial charge < -0.3 is 29.3 Å². The monoisotopic (exact) mass is 615 g/mol. The first-order valence-electron chi connectivity index (χ1n) is 14.9. The van der Waals surface area contributed by atoms with E-state index in [2.05, 4.69) is 42.1 Å². The predicted octanol–water partition coefficient (Wildman–Crippen LogP) is 5.20. The molecule has 0 aliphatic carbocycles. The molecule has 0 bridgehead atoms. The first-order valence-corrected chi connectivity index (χ1v) is 14.9.